The fourth-order valence-electron chi connectivity index (χ4n) is 2.66. The molecule has 1 aliphatic heterocycles. The van der Waals surface area contributed by atoms with E-state index in [1.807, 2.05) is 0 Å². The predicted molar refractivity (Wildman–Crippen MR) is 72.1 cm³/mol. The average molecular weight is 310 g/mol. The third-order valence-electron chi connectivity index (χ3n) is 3.79. The second-order valence-corrected chi connectivity index (χ2v) is 5.28. The Labute approximate surface area is 123 Å². The highest BCUT2D eigenvalue weighted by molar-refractivity contribution is 5.80. The molecule has 2 aromatic rings. The molecule has 1 amide bonds. The van der Waals surface area contributed by atoms with Crippen LogP contribution < -0.4 is 5.73 Å². The van der Waals surface area contributed by atoms with E-state index in [4.69, 9.17) is 5.73 Å². The van der Waals surface area contributed by atoms with E-state index in [9.17, 15) is 18.0 Å². The minimum atomic E-state index is -1.25. The predicted octanol–water partition coefficient (Wildman–Crippen LogP) is 1.93. The van der Waals surface area contributed by atoms with Crippen molar-refractivity contribution in [2.24, 2.45) is 0 Å². The molecule has 1 aliphatic rings. The van der Waals surface area contributed by atoms with Crippen LogP contribution in [-0.4, -0.2) is 27.5 Å². The highest BCUT2D eigenvalue weighted by atomic mass is 19.2. The van der Waals surface area contributed by atoms with Crippen LogP contribution in [0.4, 0.5) is 19.0 Å². The van der Waals surface area contributed by atoms with Crippen LogP contribution in [0.1, 0.15) is 23.5 Å². The summed E-state index contributed by atoms with van der Waals surface area (Å²) in [6.45, 7) is 0.389. The van der Waals surface area contributed by atoms with Gasteiger partial charge in [0.25, 0.3) is 0 Å². The Bertz CT molecular complexity index is 731. The number of aromatic amines is 1. The van der Waals surface area contributed by atoms with Gasteiger partial charge in [0, 0.05) is 30.5 Å². The van der Waals surface area contributed by atoms with E-state index in [-0.39, 0.29) is 31.0 Å². The number of rotatable bonds is 3. The van der Waals surface area contributed by atoms with E-state index in [0.717, 1.165) is 6.07 Å². The van der Waals surface area contributed by atoms with E-state index >= 15 is 0 Å². The summed E-state index contributed by atoms with van der Waals surface area (Å²) in [6, 6.07) is 1.42. The van der Waals surface area contributed by atoms with Gasteiger partial charge in [0.05, 0.1) is 12.7 Å². The number of nitrogens with zero attached hydrogens (tertiary/aromatic N) is 2. The van der Waals surface area contributed by atoms with Crippen molar-refractivity contribution in [3.8, 4) is 0 Å². The molecule has 0 saturated carbocycles. The van der Waals surface area contributed by atoms with Crippen LogP contribution in [-0.2, 0) is 11.3 Å². The number of likely N-dealkylation sites (tertiary alicyclic amines) is 1. The number of nitrogens with one attached hydrogen (secondary N) is 1. The van der Waals surface area contributed by atoms with Crippen molar-refractivity contribution >= 4 is 11.7 Å². The molecule has 1 aromatic carbocycles. The van der Waals surface area contributed by atoms with Crippen LogP contribution in [0.15, 0.2) is 18.3 Å². The molecule has 5 nitrogen and oxygen atoms in total. The summed E-state index contributed by atoms with van der Waals surface area (Å²) in [4.78, 5) is 13.5. The second kappa shape index (κ2) is 5.36. The van der Waals surface area contributed by atoms with Crippen molar-refractivity contribution in [1.82, 2.24) is 15.1 Å². The van der Waals surface area contributed by atoms with Crippen LogP contribution in [0.2, 0.25) is 0 Å². The second-order valence-electron chi connectivity index (χ2n) is 5.28. The number of H-pyrrole nitrogens is 1. The molecule has 3 rings (SSSR count). The molecule has 3 N–H and O–H groups in total. The minimum Gasteiger partial charge on any atom is -0.384 e. The maximum absolute atomic E-state index is 13.8. The molecule has 2 heterocycles. The quantitative estimate of drug-likeness (QED) is 0.851. The first-order chi connectivity index (χ1) is 10.5. The van der Waals surface area contributed by atoms with Gasteiger partial charge >= 0.3 is 0 Å². The summed E-state index contributed by atoms with van der Waals surface area (Å²) in [5.74, 6) is -3.69. The first-order valence-electron chi connectivity index (χ1n) is 6.65. The van der Waals surface area contributed by atoms with Crippen LogP contribution in [0.25, 0.3) is 0 Å². The minimum absolute atomic E-state index is 0.00241. The normalized spacial score (nSPS) is 18.2. The number of amides is 1. The van der Waals surface area contributed by atoms with Gasteiger partial charge in [-0.1, -0.05) is 0 Å². The summed E-state index contributed by atoms with van der Waals surface area (Å²) in [7, 11) is 0. The van der Waals surface area contributed by atoms with Crippen molar-refractivity contribution in [3.63, 3.8) is 0 Å². The van der Waals surface area contributed by atoms with Gasteiger partial charge in [-0.15, -0.1) is 0 Å². The number of anilines is 1. The molecule has 1 atom stereocenters. The topological polar surface area (TPSA) is 75.0 Å². The lowest BCUT2D eigenvalue weighted by atomic mass is 9.97. The SMILES string of the molecule is Nc1[nH]ncc1CN1CC(c2cc(F)cc(F)c2F)CC1=O. The highest BCUT2D eigenvalue weighted by Gasteiger charge is 2.33. The number of hydrogen-bond acceptors (Lipinski definition) is 3. The lowest BCUT2D eigenvalue weighted by Gasteiger charge is -2.16. The van der Waals surface area contributed by atoms with Gasteiger partial charge in [-0.25, -0.2) is 13.2 Å². The number of carbonyl (C=O) groups excluding carboxylic acids is 1. The van der Waals surface area contributed by atoms with Crippen molar-refractivity contribution in [3.05, 3.63) is 46.9 Å². The van der Waals surface area contributed by atoms with Crippen LogP contribution >= 0.6 is 0 Å². The number of halogens is 3. The Morgan fingerprint density at radius 3 is 2.82 bits per heavy atom. The third kappa shape index (κ3) is 2.51. The molecule has 1 saturated heterocycles. The van der Waals surface area contributed by atoms with E-state index < -0.39 is 23.4 Å². The van der Waals surface area contributed by atoms with Crippen molar-refractivity contribution < 1.29 is 18.0 Å². The Hall–Kier alpha value is -2.51. The van der Waals surface area contributed by atoms with Gasteiger partial charge < -0.3 is 10.6 Å². The first kappa shape index (κ1) is 14.4. The molecule has 0 radical (unpaired) electrons. The molecule has 0 bridgehead atoms. The zero-order valence-electron chi connectivity index (χ0n) is 11.4. The number of carbonyl (C=O) groups is 1. The van der Waals surface area contributed by atoms with Crippen LogP contribution in [0.5, 0.6) is 0 Å². The highest BCUT2D eigenvalue weighted by Crippen LogP contribution is 2.32. The van der Waals surface area contributed by atoms with Crippen molar-refractivity contribution in [1.29, 1.82) is 0 Å². The third-order valence-corrected chi connectivity index (χ3v) is 3.79. The first-order valence-corrected chi connectivity index (χ1v) is 6.65. The number of nitrogen functional groups attached to an aromatic ring is 1. The Balaban J connectivity index is 1.82. The van der Waals surface area contributed by atoms with Gasteiger partial charge in [0.2, 0.25) is 5.91 Å². The maximum Gasteiger partial charge on any atom is 0.223 e. The fraction of sp³-hybridized carbons (Fsp3) is 0.286. The van der Waals surface area contributed by atoms with Crippen LogP contribution in [0.3, 0.4) is 0 Å². The monoisotopic (exact) mass is 310 g/mol. The van der Waals surface area contributed by atoms with Gasteiger partial charge in [-0.3, -0.25) is 9.89 Å². The molecule has 0 aliphatic carbocycles. The van der Waals surface area contributed by atoms with Gasteiger partial charge in [-0.05, 0) is 11.6 Å². The Morgan fingerprint density at radius 2 is 2.14 bits per heavy atom. The summed E-state index contributed by atoms with van der Waals surface area (Å²) in [5, 5.41) is 6.31. The molecule has 1 aromatic heterocycles. The fourth-order valence-corrected chi connectivity index (χ4v) is 2.66. The summed E-state index contributed by atoms with van der Waals surface area (Å²) >= 11 is 0. The largest absolute Gasteiger partial charge is 0.384 e. The van der Waals surface area contributed by atoms with Gasteiger partial charge in [0.15, 0.2) is 11.6 Å². The average Bonchev–Trinajstić information content (AvgIpc) is 3.02. The number of benzene rings is 1. The molecule has 1 unspecified atom stereocenters. The van der Waals surface area contributed by atoms with Gasteiger partial charge in [0.1, 0.15) is 11.6 Å². The lowest BCUT2D eigenvalue weighted by molar-refractivity contribution is -0.128. The zero-order chi connectivity index (χ0) is 15.9. The number of aromatic nitrogens is 2. The summed E-state index contributed by atoms with van der Waals surface area (Å²) in [6.07, 6.45) is 1.50. The van der Waals surface area contributed by atoms with E-state index in [0.29, 0.717) is 17.4 Å². The molecule has 8 heteroatoms. The zero-order valence-corrected chi connectivity index (χ0v) is 11.4. The molecule has 1 fully saturated rings. The van der Waals surface area contributed by atoms with Gasteiger partial charge in [-0.2, -0.15) is 5.10 Å². The molecule has 22 heavy (non-hydrogen) atoms. The van der Waals surface area contributed by atoms with Crippen LogP contribution in [0, 0.1) is 17.5 Å². The van der Waals surface area contributed by atoms with E-state index in [1.54, 1.807) is 0 Å². The molecular formula is C14H13F3N4O. The molecular weight excluding hydrogens is 297 g/mol. The number of nitrogens with two attached hydrogens (primary N) is 1. The van der Waals surface area contributed by atoms with E-state index in [2.05, 4.69) is 10.2 Å². The van der Waals surface area contributed by atoms with E-state index in [1.165, 1.54) is 11.1 Å². The maximum atomic E-state index is 13.8. The number of hydrogen-bond donors (Lipinski definition) is 2. The Kier molecular flexibility index (Phi) is 3.51. The summed E-state index contributed by atoms with van der Waals surface area (Å²) in [5.41, 5.74) is 6.18. The van der Waals surface area contributed by atoms with Crippen molar-refractivity contribution in [2.75, 3.05) is 12.3 Å². The lowest BCUT2D eigenvalue weighted by Crippen LogP contribution is -2.24. The summed E-state index contributed by atoms with van der Waals surface area (Å²) < 4.78 is 40.4. The molecule has 0 spiro atoms. The van der Waals surface area contributed by atoms with Crippen molar-refractivity contribution in [2.45, 2.75) is 18.9 Å². The smallest absolute Gasteiger partial charge is 0.223 e. The molecule has 116 valence electrons. The standard InChI is InChI=1S/C14H13F3N4O/c15-9-2-10(13(17)11(16)3-9)7-1-12(22)21(5-7)6-8-4-19-20-14(8)18/h2-4,7H,1,5-6H2,(H3,18,19,20). The Morgan fingerprint density at radius 1 is 1.36 bits per heavy atom.